The Morgan fingerprint density at radius 3 is 3.07 bits per heavy atom. The second-order valence-corrected chi connectivity index (χ2v) is 3.34. The second kappa shape index (κ2) is 3.76. The molecule has 0 bridgehead atoms. The third kappa shape index (κ3) is 1.49. The number of benzene rings is 1. The van der Waals surface area contributed by atoms with Crippen molar-refractivity contribution in [2.24, 2.45) is 0 Å². The molecule has 1 aliphatic carbocycles. The minimum absolute atomic E-state index is 0.146. The number of Topliss-reactive ketones (excluding diaryl/α,β-unsaturated/α-hetero) is 1. The first kappa shape index (κ1) is 9.16. The standard InChI is InChI=1S/C12H12O2/c1-2-7-14-12-10-6-4-3-5-9(10)8-11(12)13/h2-6,12H,1,7-8H2. The Balaban J connectivity index is 2.25. The molecule has 1 aliphatic rings. The van der Waals surface area contributed by atoms with Crippen LogP contribution in [0.4, 0.5) is 0 Å². The maximum atomic E-state index is 11.6. The number of fused-ring (bicyclic) bond motifs is 1. The SMILES string of the molecule is C=CCOC1C(=O)Cc2ccccc21. The van der Waals surface area contributed by atoms with Gasteiger partial charge in [-0.3, -0.25) is 4.79 Å². The van der Waals surface area contributed by atoms with Crippen molar-refractivity contribution in [2.45, 2.75) is 12.5 Å². The summed E-state index contributed by atoms with van der Waals surface area (Å²) >= 11 is 0. The summed E-state index contributed by atoms with van der Waals surface area (Å²) in [6, 6.07) is 7.81. The molecule has 0 heterocycles. The second-order valence-electron chi connectivity index (χ2n) is 3.34. The predicted molar refractivity (Wildman–Crippen MR) is 54.0 cm³/mol. The zero-order valence-corrected chi connectivity index (χ0v) is 7.90. The van der Waals surface area contributed by atoms with Crippen molar-refractivity contribution in [3.05, 3.63) is 48.0 Å². The lowest BCUT2D eigenvalue weighted by Crippen LogP contribution is -2.10. The Bertz CT molecular complexity index is 368. The van der Waals surface area contributed by atoms with E-state index in [1.54, 1.807) is 6.08 Å². The maximum absolute atomic E-state index is 11.6. The number of hydrogen-bond donors (Lipinski definition) is 0. The van der Waals surface area contributed by atoms with Crippen LogP contribution in [0.5, 0.6) is 0 Å². The highest BCUT2D eigenvalue weighted by molar-refractivity contribution is 5.91. The van der Waals surface area contributed by atoms with Crippen molar-refractivity contribution in [3.63, 3.8) is 0 Å². The third-order valence-electron chi connectivity index (χ3n) is 2.38. The quantitative estimate of drug-likeness (QED) is 0.678. The van der Waals surface area contributed by atoms with Gasteiger partial charge in [0.1, 0.15) is 6.10 Å². The molecule has 0 fully saturated rings. The van der Waals surface area contributed by atoms with Gasteiger partial charge in [0.05, 0.1) is 6.61 Å². The van der Waals surface area contributed by atoms with Gasteiger partial charge in [0, 0.05) is 6.42 Å². The van der Waals surface area contributed by atoms with Crippen molar-refractivity contribution in [1.82, 2.24) is 0 Å². The smallest absolute Gasteiger partial charge is 0.170 e. The van der Waals surface area contributed by atoms with Crippen LogP contribution in [0.2, 0.25) is 0 Å². The first-order chi connectivity index (χ1) is 6.83. The van der Waals surface area contributed by atoms with Crippen molar-refractivity contribution in [1.29, 1.82) is 0 Å². The molecule has 0 saturated carbocycles. The first-order valence-electron chi connectivity index (χ1n) is 4.66. The molecule has 0 saturated heterocycles. The number of carbonyl (C=O) groups excluding carboxylic acids is 1. The van der Waals surface area contributed by atoms with Crippen LogP contribution in [-0.4, -0.2) is 12.4 Å². The molecule has 14 heavy (non-hydrogen) atoms. The predicted octanol–water partition coefficient (Wildman–Crippen LogP) is 2.06. The van der Waals surface area contributed by atoms with Crippen LogP contribution < -0.4 is 0 Å². The lowest BCUT2D eigenvalue weighted by Gasteiger charge is -2.09. The Hall–Kier alpha value is -1.41. The summed E-state index contributed by atoms with van der Waals surface area (Å²) in [4.78, 5) is 11.6. The molecule has 1 aromatic carbocycles. The molecule has 72 valence electrons. The van der Waals surface area contributed by atoms with Crippen molar-refractivity contribution in [2.75, 3.05) is 6.61 Å². The van der Waals surface area contributed by atoms with Gasteiger partial charge < -0.3 is 4.74 Å². The number of ether oxygens (including phenoxy) is 1. The van der Waals surface area contributed by atoms with Crippen LogP contribution in [0, 0.1) is 0 Å². The molecular weight excluding hydrogens is 176 g/mol. The molecule has 0 aliphatic heterocycles. The molecule has 0 amide bonds. The Morgan fingerprint density at radius 1 is 1.50 bits per heavy atom. The number of carbonyl (C=O) groups is 1. The summed E-state index contributed by atoms with van der Waals surface area (Å²) in [6.45, 7) is 3.99. The highest BCUT2D eigenvalue weighted by atomic mass is 16.5. The summed E-state index contributed by atoms with van der Waals surface area (Å²) in [6.07, 6.45) is 1.79. The van der Waals surface area contributed by atoms with Crippen molar-refractivity contribution >= 4 is 5.78 Å². The van der Waals surface area contributed by atoms with Crippen molar-refractivity contribution in [3.8, 4) is 0 Å². The summed E-state index contributed by atoms with van der Waals surface area (Å²) in [7, 11) is 0. The van der Waals surface area contributed by atoms with Gasteiger partial charge in [-0.2, -0.15) is 0 Å². The van der Waals surface area contributed by atoms with Gasteiger partial charge in [0.25, 0.3) is 0 Å². The third-order valence-corrected chi connectivity index (χ3v) is 2.38. The number of ketones is 1. The van der Waals surface area contributed by atoms with Crippen LogP contribution in [-0.2, 0) is 16.0 Å². The van der Waals surface area contributed by atoms with E-state index < -0.39 is 0 Å². The number of rotatable bonds is 3. The van der Waals surface area contributed by atoms with Gasteiger partial charge in [-0.15, -0.1) is 6.58 Å². The highest BCUT2D eigenvalue weighted by Crippen LogP contribution is 2.30. The van der Waals surface area contributed by atoms with E-state index in [0.717, 1.165) is 11.1 Å². The largest absolute Gasteiger partial charge is 0.362 e. The van der Waals surface area contributed by atoms with Crippen LogP contribution in [0.3, 0.4) is 0 Å². The number of hydrogen-bond acceptors (Lipinski definition) is 2. The van der Waals surface area contributed by atoms with E-state index in [9.17, 15) is 4.79 Å². The van der Waals surface area contributed by atoms with Gasteiger partial charge in [-0.25, -0.2) is 0 Å². The molecule has 0 spiro atoms. The van der Waals surface area contributed by atoms with E-state index >= 15 is 0 Å². The minimum Gasteiger partial charge on any atom is -0.362 e. The van der Waals surface area contributed by atoms with Crippen molar-refractivity contribution < 1.29 is 9.53 Å². The Labute approximate surface area is 83.2 Å². The monoisotopic (exact) mass is 188 g/mol. The fraction of sp³-hybridized carbons (Fsp3) is 0.250. The Kier molecular flexibility index (Phi) is 2.46. The van der Waals surface area contributed by atoms with Crippen LogP contribution >= 0.6 is 0 Å². The average Bonchev–Trinajstić information content (AvgIpc) is 2.51. The molecule has 1 atom stereocenters. The Morgan fingerprint density at radius 2 is 2.29 bits per heavy atom. The molecule has 1 aromatic rings. The van der Waals surface area contributed by atoms with E-state index in [4.69, 9.17) is 4.74 Å². The van der Waals surface area contributed by atoms with E-state index in [0.29, 0.717) is 13.0 Å². The van der Waals surface area contributed by atoms with Crippen LogP contribution in [0.25, 0.3) is 0 Å². The zero-order valence-electron chi connectivity index (χ0n) is 7.90. The summed E-state index contributed by atoms with van der Waals surface area (Å²) in [5.74, 6) is 0.146. The van der Waals surface area contributed by atoms with Gasteiger partial charge in [0.15, 0.2) is 5.78 Å². The van der Waals surface area contributed by atoms with Crippen LogP contribution in [0.15, 0.2) is 36.9 Å². The lowest BCUT2D eigenvalue weighted by atomic mass is 10.1. The zero-order chi connectivity index (χ0) is 9.97. The van der Waals surface area contributed by atoms with E-state index in [1.807, 2.05) is 24.3 Å². The minimum atomic E-state index is -0.371. The first-order valence-corrected chi connectivity index (χ1v) is 4.66. The highest BCUT2D eigenvalue weighted by Gasteiger charge is 2.30. The molecule has 2 rings (SSSR count). The molecule has 0 radical (unpaired) electrons. The fourth-order valence-corrected chi connectivity index (χ4v) is 1.75. The molecule has 1 unspecified atom stereocenters. The molecular formula is C12H12O2. The topological polar surface area (TPSA) is 26.3 Å². The maximum Gasteiger partial charge on any atom is 0.170 e. The summed E-state index contributed by atoms with van der Waals surface area (Å²) < 4.78 is 5.42. The van der Waals surface area contributed by atoms with E-state index in [1.165, 1.54) is 0 Å². The van der Waals surface area contributed by atoms with Gasteiger partial charge in [-0.1, -0.05) is 30.3 Å². The van der Waals surface area contributed by atoms with E-state index in [2.05, 4.69) is 6.58 Å². The fourth-order valence-electron chi connectivity index (χ4n) is 1.75. The summed E-state index contributed by atoms with van der Waals surface area (Å²) in [5.41, 5.74) is 2.10. The van der Waals surface area contributed by atoms with Gasteiger partial charge in [-0.05, 0) is 11.1 Å². The molecule has 2 heteroatoms. The normalized spacial score (nSPS) is 19.4. The van der Waals surface area contributed by atoms with E-state index in [-0.39, 0.29) is 11.9 Å². The van der Waals surface area contributed by atoms with Gasteiger partial charge in [0.2, 0.25) is 0 Å². The van der Waals surface area contributed by atoms with Gasteiger partial charge >= 0.3 is 0 Å². The molecule has 2 nitrogen and oxygen atoms in total. The molecule has 0 N–H and O–H groups in total. The average molecular weight is 188 g/mol. The summed E-state index contributed by atoms with van der Waals surface area (Å²) in [5, 5.41) is 0. The molecule has 0 aromatic heterocycles. The lowest BCUT2D eigenvalue weighted by molar-refractivity contribution is -0.128. The van der Waals surface area contributed by atoms with Crippen LogP contribution in [0.1, 0.15) is 17.2 Å².